The van der Waals surface area contributed by atoms with Crippen molar-refractivity contribution in [3.05, 3.63) is 18.0 Å². The summed E-state index contributed by atoms with van der Waals surface area (Å²) in [5.74, 6) is 0. The predicted molar refractivity (Wildman–Crippen MR) is 67.5 cm³/mol. The average Bonchev–Trinajstić information content (AvgIpc) is 2.98. The number of aliphatic hydroxyl groups excluding tert-OH is 1. The molecule has 1 atom stereocenters. The summed E-state index contributed by atoms with van der Waals surface area (Å²) in [6.07, 6.45) is 7.65. The highest BCUT2D eigenvalue weighted by Gasteiger charge is 2.40. The fourth-order valence-corrected chi connectivity index (χ4v) is 2.80. The highest BCUT2D eigenvalue weighted by molar-refractivity contribution is 5.14. The maximum absolute atomic E-state index is 10.5. The first-order chi connectivity index (χ1) is 8.09. The number of hydrogen-bond acceptors (Lipinski definition) is 3. The van der Waals surface area contributed by atoms with Crippen molar-refractivity contribution in [1.29, 1.82) is 0 Å². The van der Waals surface area contributed by atoms with Gasteiger partial charge in [0.25, 0.3) is 0 Å². The summed E-state index contributed by atoms with van der Waals surface area (Å²) >= 11 is 0. The molecule has 1 aromatic heterocycles. The predicted octanol–water partition coefficient (Wildman–Crippen LogP) is 2.02. The van der Waals surface area contributed by atoms with Crippen LogP contribution in [0, 0.1) is 5.41 Å². The summed E-state index contributed by atoms with van der Waals surface area (Å²) in [4.78, 5) is 0. The molecule has 0 amide bonds. The SMILES string of the molecule is CC(C)n1cc(C(O)C2(CN)CCCC2)cn1. The molecule has 1 heterocycles. The van der Waals surface area contributed by atoms with E-state index >= 15 is 0 Å². The summed E-state index contributed by atoms with van der Waals surface area (Å²) in [6, 6.07) is 0.327. The van der Waals surface area contributed by atoms with Gasteiger partial charge < -0.3 is 10.8 Å². The lowest BCUT2D eigenvalue weighted by molar-refractivity contribution is 0.0332. The number of hydrogen-bond donors (Lipinski definition) is 2. The number of aliphatic hydroxyl groups is 1. The molecule has 1 unspecified atom stereocenters. The van der Waals surface area contributed by atoms with Crippen LogP contribution >= 0.6 is 0 Å². The average molecular weight is 237 g/mol. The van der Waals surface area contributed by atoms with E-state index < -0.39 is 6.10 Å². The smallest absolute Gasteiger partial charge is 0.0888 e. The lowest BCUT2D eigenvalue weighted by atomic mass is 9.78. The molecule has 0 radical (unpaired) electrons. The van der Waals surface area contributed by atoms with Gasteiger partial charge >= 0.3 is 0 Å². The van der Waals surface area contributed by atoms with Gasteiger partial charge in [-0.05, 0) is 26.7 Å². The van der Waals surface area contributed by atoms with Crippen LogP contribution in [-0.4, -0.2) is 21.4 Å². The van der Waals surface area contributed by atoms with Crippen LogP contribution in [0.4, 0.5) is 0 Å². The Morgan fingerprint density at radius 2 is 2.12 bits per heavy atom. The Balaban J connectivity index is 2.20. The molecule has 4 nitrogen and oxygen atoms in total. The fourth-order valence-electron chi connectivity index (χ4n) is 2.80. The monoisotopic (exact) mass is 237 g/mol. The molecular formula is C13H23N3O. The van der Waals surface area contributed by atoms with Gasteiger partial charge in [-0.3, -0.25) is 4.68 Å². The van der Waals surface area contributed by atoms with Gasteiger partial charge in [-0.1, -0.05) is 12.8 Å². The Kier molecular flexibility index (Phi) is 3.54. The van der Waals surface area contributed by atoms with Crippen LogP contribution in [0.5, 0.6) is 0 Å². The highest BCUT2D eigenvalue weighted by Crippen LogP contribution is 2.46. The lowest BCUT2D eigenvalue weighted by Crippen LogP contribution is -2.34. The normalized spacial score (nSPS) is 21.0. The minimum Gasteiger partial charge on any atom is -0.388 e. The van der Waals surface area contributed by atoms with E-state index in [1.807, 2.05) is 10.9 Å². The second-order valence-electron chi connectivity index (χ2n) is 5.52. The van der Waals surface area contributed by atoms with Crippen LogP contribution in [0.1, 0.15) is 57.2 Å². The van der Waals surface area contributed by atoms with Gasteiger partial charge in [0.1, 0.15) is 0 Å². The molecule has 0 spiro atoms. The molecule has 1 aliphatic rings. The zero-order chi connectivity index (χ0) is 12.5. The maximum Gasteiger partial charge on any atom is 0.0888 e. The molecule has 0 saturated heterocycles. The van der Waals surface area contributed by atoms with Crippen molar-refractivity contribution in [2.75, 3.05) is 6.54 Å². The Hall–Kier alpha value is -0.870. The van der Waals surface area contributed by atoms with E-state index in [4.69, 9.17) is 5.73 Å². The molecule has 1 saturated carbocycles. The maximum atomic E-state index is 10.5. The Morgan fingerprint density at radius 1 is 1.47 bits per heavy atom. The molecular weight excluding hydrogens is 214 g/mol. The van der Waals surface area contributed by atoms with Crippen molar-refractivity contribution in [3.8, 4) is 0 Å². The third kappa shape index (κ3) is 2.24. The largest absolute Gasteiger partial charge is 0.388 e. The first kappa shape index (κ1) is 12.6. The van der Waals surface area contributed by atoms with Gasteiger partial charge in [0.15, 0.2) is 0 Å². The summed E-state index contributed by atoms with van der Waals surface area (Å²) in [5, 5.41) is 14.8. The molecule has 1 aromatic rings. The van der Waals surface area contributed by atoms with Crippen molar-refractivity contribution in [1.82, 2.24) is 9.78 Å². The molecule has 17 heavy (non-hydrogen) atoms. The summed E-state index contributed by atoms with van der Waals surface area (Å²) in [7, 11) is 0. The van der Waals surface area contributed by atoms with Gasteiger partial charge in [0.2, 0.25) is 0 Å². The third-order valence-electron chi connectivity index (χ3n) is 4.05. The standard InChI is InChI=1S/C13H23N3O/c1-10(2)16-8-11(7-15-16)12(17)13(9-14)5-3-4-6-13/h7-8,10,12,17H,3-6,9,14H2,1-2H3. The number of nitrogens with two attached hydrogens (primary N) is 1. The Bertz CT molecular complexity index is 366. The van der Waals surface area contributed by atoms with E-state index in [1.165, 1.54) is 12.8 Å². The van der Waals surface area contributed by atoms with Crippen LogP contribution < -0.4 is 5.73 Å². The lowest BCUT2D eigenvalue weighted by Gasteiger charge is -2.32. The van der Waals surface area contributed by atoms with Crippen molar-refractivity contribution < 1.29 is 5.11 Å². The Morgan fingerprint density at radius 3 is 2.59 bits per heavy atom. The molecule has 1 fully saturated rings. The van der Waals surface area contributed by atoms with E-state index in [-0.39, 0.29) is 5.41 Å². The van der Waals surface area contributed by atoms with Crippen molar-refractivity contribution >= 4 is 0 Å². The van der Waals surface area contributed by atoms with Crippen molar-refractivity contribution in [2.24, 2.45) is 11.1 Å². The molecule has 96 valence electrons. The van der Waals surface area contributed by atoms with E-state index in [2.05, 4.69) is 18.9 Å². The fraction of sp³-hybridized carbons (Fsp3) is 0.769. The van der Waals surface area contributed by atoms with Gasteiger partial charge in [0, 0.05) is 29.8 Å². The van der Waals surface area contributed by atoms with E-state index in [0.717, 1.165) is 18.4 Å². The van der Waals surface area contributed by atoms with Crippen molar-refractivity contribution in [2.45, 2.75) is 51.7 Å². The van der Waals surface area contributed by atoms with Crippen molar-refractivity contribution in [3.63, 3.8) is 0 Å². The summed E-state index contributed by atoms with van der Waals surface area (Å²) in [6.45, 7) is 4.72. The van der Waals surface area contributed by atoms with Gasteiger partial charge in [-0.15, -0.1) is 0 Å². The zero-order valence-electron chi connectivity index (χ0n) is 10.8. The summed E-state index contributed by atoms with van der Waals surface area (Å²) in [5.41, 5.74) is 6.67. The van der Waals surface area contributed by atoms with Crippen LogP contribution in [0.15, 0.2) is 12.4 Å². The van der Waals surface area contributed by atoms with Gasteiger partial charge in [-0.25, -0.2) is 0 Å². The van der Waals surface area contributed by atoms with Crippen LogP contribution in [0.2, 0.25) is 0 Å². The third-order valence-corrected chi connectivity index (χ3v) is 4.05. The number of rotatable bonds is 4. The molecule has 0 aromatic carbocycles. The highest BCUT2D eigenvalue weighted by atomic mass is 16.3. The van der Waals surface area contributed by atoms with Gasteiger partial charge in [-0.2, -0.15) is 5.10 Å². The first-order valence-electron chi connectivity index (χ1n) is 6.51. The van der Waals surface area contributed by atoms with Crippen LogP contribution in [0.25, 0.3) is 0 Å². The number of aromatic nitrogens is 2. The molecule has 2 rings (SSSR count). The molecule has 1 aliphatic carbocycles. The van der Waals surface area contributed by atoms with E-state index in [9.17, 15) is 5.11 Å². The topological polar surface area (TPSA) is 64.1 Å². The van der Waals surface area contributed by atoms with Gasteiger partial charge in [0.05, 0.1) is 12.3 Å². The molecule has 3 N–H and O–H groups in total. The Labute approximate surface area is 103 Å². The molecule has 0 bridgehead atoms. The molecule has 0 aliphatic heterocycles. The van der Waals surface area contributed by atoms with Crippen LogP contribution in [-0.2, 0) is 0 Å². The summed E-state index contributed by atoms with van der Waals surface area (Å²) < 4.78 is 1.89. The first-order valence-corrected chi connectivity index (χ1v) is 6.51. The second kappa shape index (κ2) is 4.78. The van der Waals surface area contributed by atoms with Crippen LogP contribution in [0.3, 0.4) is 0 Å². The quantitative estimate of drug-likeness (QED) is 0.842. The minimum atomic E-state index is -0.470. The second-order valence-corrected chi connectivity index (χ2v) is 5.52. The van der Waals surface area contributed by atoms with E-state index in [0.29, 0.717) is 12.6 Å². The number of nitrogens with zero attached hydrogens (tertiary/aromatic N) is 2. The minimum absolute atomic E-state index is 0.120. The molecule has 4 heteroatoms. The van der Waals surface area contributed by atoms with E-state index in [1.54, 1.807) is 6.20 Å². The zero-order valence-corrected chi connectivity index (χ0v) is 10.8.